The molecular weight excluding hydrogens is 354 g/mol. The molecule has 0 spiro atoms. The van der Waals surface area contributed by atoms with Gasteiger partial charge in [-0.25, -0.2) is 4.68 Å². The number of rotatable bonds is 6. The van der Waals surface area contributed by atoms with Crippen molar-refractivity contribution in [1.82, 2.24) is 14.7 Å². The molecule has 0 saturated heterocycles. The van der Waals surface area contributed by atoms with Crippen LogP contribution in [-0.2, 0) is 22.7 Å². The molecule has 26 heavy (non-hydrogen) atoms. The molecule has 0 amide bonds. The van der Waals surface area contributed by atoms with Crippen LogP contribution in [0.3, 0.4) is 0 Å². The number of ether oxygens (including phenoxy) is 1. The van der Waals surface area contributed by atoms with Crippen molar-refractivity contribution in [3.8, 4) is 0 Å². The molecule has 3 aromatic rings. The molecule has 1 heterocycles. The van der Waals surface area contributed by atoms with Crippen LogP contribution >= 0.6 is 11.6 Å². The van der Waals surface area contributed by atoms with Crippen molar-refractivity contribution in [3.63, 3.8) is 0 Å². The molecule has 7 heteroatoms. The first kappa shape index (κ1) is 18.1. The number of carbonyl (C=O) groups excluding carboxylic acids is 1. The van der Waals surface area contributed by atoms with E-state index in [1.54, 1.807) is 23.2 Å². The Morgan fingerprint density at radius 1 is 1.19 bits per heavy atom. The van der Waals surface area contributed by atoms with Crippen molar-refractivity contribution in [2.45, 2.75) is 13.2 Å². The van der Waals surface area contributed by atoms with Crippen LogP contribution in [0.2, 0.25) is 5.02 Å². The molecule has 2 aromatic carbocycles. The van der Waals surface area contributed by atoms with Gasteiger partial charge in [-0.3, -0.25) is 14.5 Å². The molecule has 1 aromatic heterocycles. The van der Waals surface area contributed by atoms with Crippen molar-refractivity contribution in [2.24, 2.45) is 0 Å². The fraction of sp³-hybridized carbons (Fsp3) is 0.211. The maximum absolute atomic E-state index is 12.7. The molecule has 0 aliphatic heterocycles. The first-order valence-electron chi connectivity index (χ1n) is 8.06. The fourth-order valence-electron chi connectivity index (χ4n) is 2.69. The largest absolute Gasteiger partial charge is 0.468 e. The minimum absolute atomic E-state index is 0.0165. The van der Waals surface area contributed by atoms with Gasteiger partial charge in [0.1, 0.15) is 0 Å². The number of methoxy groups -OCH3 is 1. The molecule has 134 valence electrons. The Morgan fingerprint density at radius 3 is 2.69 bits per heavy atom. The Balaban J connectivity index is 1.90. The highest BCUT2D eigenvalue weighted by Crippen LogP contribution is 2.17. The molecule has 0 atom stereocenters. The van der Waals surface area contributed by atoms with E-state index in [9.17, 15) is 9.59 Å². The third-order valence-electron chi connectivity index (χ3n) is 4.03. The van der Waals surface area contributed by atoms with E-state index in [0.29, 0.717) is 17.0 Å². The summed E-state index contributed by atoms with van der Waals surface area (Å²) in [7, 11) is 1.33. The number of benzene rings is 2. The van der Waals surface area contributed by atoms with Gasteiger partial charge in [-0.2, -0.15) is 5.10 Å². The van der Waals surface area contributed by atoms with E-state index in [-0.39, 0.29) is 18.8 Å². The molecule has 0 saturated carbocycles. The Bertz CT molecular complexity index is 987. The second-order valence-electron chi connectivity index (χ2n) is 5.83. The molecule has 0 fully saturated rings. The van der Waals surface area contributed by atoms with E-state index in [1.165, 1.54) is 11.8 Å². The summed E-state index contributed by atoms with van der Waals surface area (Å²) in [6.45, 7) is 0.544. The molecular formula is C19H18ClN3O3. The summed E-state index contributed by atoms with van der Waals surface area (Å²) in [4.78, 5) is 26.2. The van der Waals surface area contributed by atoms with Gasteiger partial charge >= 0.3 is 5.97 Å². The first-order chi connectivity index (χ1) is 12.6. The Labute approximate surface area is 155 Å². The molecule has 6 nitrogen and oxygen atoms in total. The molecule has 0 unspecified atom stereocenters. The highest BCUT2D eigenvalue weighted by Gasteiger charge is 2.15. The number of nitrogens with zero attached hydrogens (tertiary/aromatic N) is 3. The lowest BCUT2D eigenvalue weighted by molar-refractivity contribution is -0.142. The molecule has 0 aliphatic rings. The van der Waals surface area contributed by atoms with Crippen molar-refractivity contribution < 1.29 is 9.53 Å². The van der Waals surface area contributed by atoms with E-state index in [0.717, 1.165) is 10.9 Å². The van der Waals surface area contributed by atoms with Crippen molar-refractivity contribution in [1.29, 1.82) is 0 Å². The SMILES string of the molecule is COC(=O)CN(Cc1ccccc1Cl)Cn1ncc2ccccc2c1=O. The number of halogens is 1. The van der Waals surface area contributed by atoms with Crippen LogP contribution < -0.4 is 5.56 Å². The molecule has 0 N–H and O–H groups in total. The topological polar surface area (TPSA) is 64.4 Å². The lowest BCUT2D eigenvalue weighted by atomic mass is 10.2. The maximum Gasteiger partial charge on any atom is 0.319 e. The lowest BCUT2D eigenvalue weighted by Crippen LogP contribution is -2.37. The number of carbonyl (C=O) groups is 1. The minimum atomic E-state index is -0.397. The van der Waals surface area contributed by atoms with Crippen LogP contribution in [0.15, 0.2) is 59.5 Å². The first-order valence-corrected chi connectivity index (χ1v) is 8.43. The van der Waals surface area contributed by atoms with Gasteiger partial charge in [-0.15, -0.1) is 0 Å². The smallest absolute Gasteiger partial charge is 0.319 e. The van der Waals surface area contributed by atoms with Gasteiger partial charge in [0.25, 0.3) is 5.56 Å². The number of hydrogen-bond acceptors (Lipinski definition) is 5. The van der Waals surface area contributed by atoms with Crippen molar-refractivity contribution in [3.05, 3.63) is 75.7 Å². The summed E-state index contributed by atoms with van der Waals surface area (Å²) in [6.07, 6.45) is 1.64. The predicted molar refractivity (Wildman–Crippen MR) is 99.9 cm³/mol. The third-order valence-corrected chi connectivity index (χ3v) is 4.40. The zero-order chi connectivity index (χ0) is 18.5. The van der Waals surface area contributed by atoms with Gasteiger partial charge < -0.3 is 4.74 Å². The van der Waals surface area contributed by atoms with Crippen LogP contribution in [0.1, 0.15) is 5.56 Å². The van der Waals surface area contributed by atoms with Crippen LogP contribution in [0.25, 0.3) is 10.8 Å². The summed E-state index contributed by atoms with van der Waals surface area (Å²) >= 11 is 6.22. The van der Waals surface area contributed by atoms with Crippen LogP contribution in [0.4, 0.5) is 0 Å². The molecule has 0 aliphatic carbocycles. The van der Waals surface area contributed by atoms with Crippen LogP contribution in [0, 0.1) is 0 Å². The predicted octanol–water partition coefficient (Wildman–Crippen LogP) is 2.68. The van der Waals surface area contributed by atoms with E-state index in [1.807, 2.05) is 36.4 Å². The third kappa shape index (κ3) is 4.09. The van der Waals surface area contributed by atoms with Gasteiger partial charge in [0.2, 0.25) is 0 Å². The van der Waals surface area contributed by atoms with Gasteiger partial charge in [-0.05, 0) is 17.7 Å². The second-order valence-corrected chi connectivity index (χ2v) is 6.24. The summed E-state index contributed by atoms with van der Waals surface area (Å²) in [5.74, 6) is -0.397. The zero-order valence-corrected chi connectivity index (χ0v) is 15.0. The standard InChI is InChI=1S/C19H18ClN3O3/c1-26-18(24)12-22(11-15-7-3-5-9-17(15)20)13-23-19(25)16-8-4-2-6-14(16)10-21-23/h2-10H,11-13H2,1H3. The highest BCUT2D eigenvalue weighted by molar-refractivity contribution is 6.31. The average molecular weight is 372 g/mol. The van der Waals surface area contributed by atoms with Crippen LogP contribution in [-0.4, -0.2) is 34.3 Å². The van der Waals surface area contributed by atoms with Gasteiger partial charge in [0.15, 0.2) is 0 Å². The zero-order valence-electron chi connectivity index (χ0n) is 14.3. The lowest BCUT2D eigenvalue weighted by Gasteiger charge is -2.22. The van der Waals surface area contributed by atoms with E-state index < -0.39 is 5.97 Å². The maximum atomic E-state index is 12.7. The van der Waals surface area contributed by atoms with Gasteiger partial charge in [0.05, 0.1) is 31.9 Å². The summed E-state index contributed by atoms with van der Waals surface area (Å²) in [5, 5.41) is 6.18. The summed E-state index contributed by atoms with van der Waals surface area (Å²) in [6, 6.07) is 14.6. The van der Waals surface area contributed by atoms with Gasteiger partial charge in [-0.1, -0.05) is 48.0 Å². The number of esters is 1. The highest BCUT2D eigenvalue weighted by atomic mass is 35.5. The summed E-state index contributed by atoms with van der Waals surface area (Å²) < 4.78 is 6.10. The van der Waals surface area contributed by atoms with Gasteiger partial charge in [0, 0.05) is 17.0 Å². The molecule has 0 bridgehead atoms. The van der Waals surface area contributed by atoms with E-state index in [4.69, 9.17) is 16.3 Å². The monoisotopic (exact) mass is 371 g/mol. The fourth-order valence-corrected chi connectivity index (χ4v) is 2.88. The van der Waals surface area contributed by atoms with E-state index >= 15 is 0 Å². The van der Waals surface area contributed by atoms with Crippen LogP contribution in [0.5, 0.6) is 0 Å². The second kappa shape index (κ2) is 8.12. The Kier molecular flexibility index (Phi) is 5.65. The number of aromatic nitrogens is 2. The van der Waals surface area contributed by atoms with Crippen molar-refractivity contribution in [2.75, 3.05) is 13.7 Å². The Hall–Kier alpha value is -2.70. The quantitative estimate of drug-likeness (QED) is 0.623. The number of fused-ring (bicyclic) bond motifs is 1. The average Bonchev–Trinajstić information content (AvgIpc) is 2.66. The molecule has 0 radical (unpaired) electrons. The Morgan fingerprint density at radius 2 is 1.92 bits per heavy atom. The van der Waals surface area contributed by atoms with Crippen molar-refractivity contribution >= 4 is 28.3 Å². The minimum Gasteiger partial charge on any atom is -0.468 e. The normalized spacial score (nSPS) is 11.0. The number of hydrogen-bond donors (Lipinski definition) is 0. The molecule has 3 rings (SSSR count). The van der Waals surface area contributed by atoms with E-state index in [2.05, 4.69) is 5.10 Å². The summed E-state index contributed by atoms with van der Waals surface area (Å²) in [5.41, 5.74) is 0.643.